The summed E-state index contributed by atoms with van der Waals surface area (Å²) in [6.07, 6.45) is 0. The molecule has 3 heterocycles. The largest absolute Gasteiger partial charge is 0.368 e. The molecule has 0 bridgehead atoms. The number of anilines is 2. The Morgan fingerprint density at radius 3 is 2.24 bits per heavy atom. The number of thiazole rings is 1. The van der Waals surface area contributed by atoms with Crippen molar-refractivity contribution in [3.63, 3.8) is 0 Å². The highest BCUT2D eigenvalue weighted by Crippen LogP contribution is 2.36. The van der Waals surface area contributed by atoms with Crippen LogP contribution in [0, 0.1) is 0 Å². The highest BCUT2D eigenvalue weighted by Gasteiger charge is 2.19. The average Bonchev–Trinajstić information content (AvgIpc) is 3.00. The molecule has 1 aromatic heterocycles. The van der Waals surface area contributed by atoms with Crippen molar-refractivity contribution in [2.45, 2.75) is 0 Å². The van der Waals surface area contributed by atoms with Crippen LogP contribution in [-0.4, -0.2) is 54.2 Å². The van der Waals surface area contributed by atoms with Gasteiger partial charge in [-0.1, -0.05) is 17.4 Å². The number of aromatic nitrogens is 1. The van der Waals surface area contributed by atoms with Gasteiger partial charge in [0.25, 0.3) is 0 Å². The van der Waals surface area contributed by atoms with Crippen molar-refractivity contribution < 1.29 is 0 Å². The number of nitrogens with zero attached hydrogens (tertiary/aromatic N) is 3. The zero-order chi connectivity index (χ0) is 14.1. The molecular formula is C15H19N3S3. The van der Waals surface area contributed by atoms with Gasteiger partial charge < -0.3 is 9.80 Å². The van der Waals surface area contributed by atoms with Crippen LogP contribution >= 0.6 is 34.9 Å². The van der Waals surface area contributed by atoms with Crippen LogP contribution in [0.4, 0.5) is 10.8 Å². The van der Waals surface area contributed by atoms with Gasteiger partial charge in [0.15, 0.2) is 5.13 Å². The molecule has 112 valence electrons. The molecule has 0 saturated carbocycles. The molecule has 0 radical (unpaired) electrons. The summed E-state index contributed by atoms with van der Waals surface area (Å²) in [4.78, 5) is 9.96. The van der Waals surface area contributed by atoms with Crippen molar-refractivity contribution in [2.24, 2.45) is 0 Å². The van der Waals surface area contributed by atoms with Gasteiger partial charge in [-0.25, -0.2) is 4.98 Å². The van der Waals surface area contributed by atoms with Crippen LogP contribution in [0.25, 0.3) is 10.2 Å². The Kier molecular flexibility index (Phi) is 4.18. The molecule has 2 saturated heterocycles. The monoisotopic (exact) mass is 337 g/mol. The molecular weight excluding hydrogens is 318 g/mol. The lowest BCUT2D eigenvalue weighted by molar-refractivity contribution is 0.850. The Hall–Kier alpha value is -0.590. The molecule has 2 aliphatic heterocycles. The normalized spacial score (nSPS) is 20.2. The topological polar surface area (TPSA) is 19.4 Å². The van der Waals surface area contributed by atoms with Gasteiger partial charge in [-0.3, -0.25) is 0 Å². The smallest absolute Gasteiger partial charge is 0.186 e. The van der Waals surface area contributed by atoms with Gasteiger partial charge in [0.05, 0.1) is 10.4 Å². The molecule has 2 aliphatic rings. The minimum absolute atomic E-state index is 1.14. The summed E-state index contributed by atoms with van der Waals surface area (Å²) in [5, 5.41) is 1.21. The summed E-state index contributed by atoms with van der Waals surface area (Å²) >= 11 is 5.96. The van der Waals surface area contributed by atoms with E-state index in [9.17, 15) is 0 Å². The fourth-order valence-corrected chi connectivity index (χ4v) is 5.72. The van der Waals surface area contributed by atoms with E-state index in [2.05, 4.69) is 51.5 Å². The fraction of sp³-hybridized carbons (Fsp3) is 0.533. The number of benzene rings is 1. The lowest BCUT2D eigenvalue weighted by atomic mass is 10.2. The second kappa shape index (κ2) is 6.26. The third-order valence-corrected chi connectivity index (χ3v) is 6.99. The summed E-state index contributed by atoms with van der Waals surface area (Å²) < 4.78 is 1.33. The third kappa shape index (κ3) is 2.85. The van der Waals surface area contributed by atoms with E-state index in [0.29, 0.717) is 0 Å². The van der Waals surface area contributed by atoms with E-state index in [0.717, 1.165) is 26.2 Å². The first kappa shape index (κ1) is 14.0. The highest BCUT2D eigenvalue weighted by molar-refractivity contribution is 7.99. The van der Waals surface area contributed by atoms with Crippen molar-refractivity contribution in [1.82, 2.24) is 4.98 Å². The Bertz CT molecular complexity index is 616. The minimum atomic E-state index is 1.14. The maximum Gasteiger partial charge on any atom is 0.186 e. The number of rotatable bonds is 2. The highest BCUT2D eigenvalue weighted by atomic mass is 32.2. The first-order valence-electron chi connectivity index (χ1n) is 7.47. The number of para-hydroxylation sites is 1. The molecule has 2 aromatic rings. The standard InChI is InChI=1S/C15H19N3S3/c1-2-12(17-4-8-19-9-5-17)14-13(3-1)21-15(16-14)18-6-10-20-11-7-18/h1-3H,4-11H2. The zero-order valence-corrected chi connectivity index (χ0v) is 14.4. The van der Waals surface area contributed by atoms with Crippen LogP contribution in [0.15, 0.2) is 18.2 Å². The molecule has 0 atom stereocenters. The van der Waals surface area contributed by atoms with E-state index in [1.165, 1.54) is 44.0 Å². The predicted molar refractivity (Wildman–Crippen MR) is 98.7 cm³/mol. The Labute approximate surface area is 138 Å². The minimum Gasteiger partial charge on any atom is -0.368 e. The molecule has 2 fully saturated rings. The third-order valence-electron chi connectivity index (χ3n) is 4.02. The Morgan fingerprint density at radius 2 is 1.52 bits per heavy atom. The predicted octanol–water partition coefficient (Wildman–Crippen LogP) is 3.40. The fourth-order valence-electron chi connectivity index (χ4n) is 2.87. The first-order chi connectivity index (χ1) is 10.4. The molecule has 3 nitrogen and oxygen atoms in total. The number of hydrogen-bond acceptors (Lipinski definition) is 6. The van der Waals surface area contributed by atoms with Crippen LogP contribution in [-0.2, 0) is 0 Å². The van der Waals surface area contributed by atoms with Crippen molar-refractivity contribution in [3.8, 4) is 0 Å². The van der Waals surface area contributed by atoms with Gasteiger partial charge in [-0.2, -0.15) is 23.5 Å². The van der Waals surface area contributed by atoms with E-state index < -0.39 is 0 Å². The van der Waals surface area contributed by atoms with Crippen molar-refractivity contribution in [1.29, 1.82) is 0 Å². The van der Waals surface area contributed by atoms with Crippen molar-refractivity contribution >= 4 is 55.9 Å². The lowest BCUT2D eigenvalue weighted by Crippen LogP contribution is -2.33. The molecule has 0 N–H and O–H groups in total. The van der Waals surface area contributed by atoms with Gasteiger partial charge in [-0.15, -0.1) is 0 Å². The van der Waals surface area contributed by atoms with Crippen molar-refractivity contribution in [3.05, 3.63) is 18.2 Å². The first-order valence-corrected chi connectivity index (χ1v) is 10.6. The number of hydrogen-bond donors (Lipinski definition) is 0. The average molecular weight is 338 g/mol. The van der Waals surface area contributed by atoms with E-state index in [1.807, 2.05) is 11.3 Å². The van der Waals surface area contributed by atoms with Crippen LogP contribution in [0.3, 0.4) is 0 Å². The van der Waals surface area contributed by atoms with E-state index in [-0.39, 0.29) is 0 Å². The molecule has 0 amide bonds. The van der Waals surface area contributed by atoms with Gasteiger partial charge in [0, 0.05) is 49.2 Å². The van der Waals surface area contributed by atoms with Crippen molar-refractivity contribution in [2.75, 3.05) is 59.0 Å². The van der Waals surface area contributed by atoms with Crippen LogP contribution < -0.4 is 9.80 Å². The SMILES string of the molecule is c1cc(N2CCSCC2)c2nc(N3CCSCC3)sc2c1. The van der Waals surface area contributed by atoms with Crippen LogP contribution in [0.1, 0.15) is 0 Å². The lowest BCUT2D eigenvalue weighted by Gasteiger charge is -2.28. The molecule has 0 spiro atoms. The zero-order valence-electron chi connectivity index (χ0n) is 12.0. The summed E-state index contributed by atoms with van der Waals surface area (Å²) in [5.41, 5.74) is 2.55. The van der Waals surface area contributed by atoms with E-state index >= 15 is 0 Å². The molecule has 0 aliphatic carbocycles. The van der Waals surface area contributed by atoms with Gasteiger partial charge in [0.2, 0.25) is 0 Å². The maximum absolute atomic E-state index is 5.00. The molecule has 1 aromatic carbocycles. The Morgan fingerprint density at radius 1 is 0.857 bits per heavy atom. The quantitative estimate of drug-likeness (QED) is 0.834. The molecule has 0 unspecified atom stereocenters. The second-order valence-corrected chi connectivity index (χ2v) is 8.78. The van der Waals surface area contributed by atoms with Crippen LogP contribution in [0.5, 0.6) is 0 Å². The molecule has 21 heavy (non-hydrogen) atoms. The summed E-state index contributed by atoms with van der Waals surface area (Å²) in [7, 11) is 0. The van der Waals surface area contributed by atoms with E-state index in [1.54, 1.807) is 0 Å². The molecule has 4 rings (SSSR count). The number of fused-ring (bicyclic) bond motifs is 1. The van der Waals surface area contributed by atoms with Gasteiger partial charge >= 0.3 is 0 Å². The maximum atomic E-state index is 5.00. The van der Waals surface area contributed by atoms with Gasteiger partial charge in [-0.05, 0) is 12.1 Å². The Balaban J connectivity index is 1.69. The van der Waals surface area contributed by atoms with Crippen LogP contribution in [0.2, 0.25) is 0 Å². The number of thioether (sulfide) groups is 2. The van der Waals surface area contributed by atoms with E-state index in [4.69, 9.17) is 4.98 Å². The summed E-state index contributed by atoms with van der Waals surface area (Å²) in [6, 6.07) is 6.65. The second-order valence-electron chi connectivity index (χ2n) is 5.32. The summed E-state index contributed by atoms with van der Waals surface area (Å²) in [5.74, 6) is 4.92. The summed E-state index contributed by atoms with van der Waals surface area (Å²) in [6.45, 7) is 4.58. The molecule has 6 heteroatoms. The van der Waals surface area contributed by atoms with Gasteiger partial charge in [0.1, 0.15) is 5.52 Å².